The number of anilines is 1. The van der Waals surface area contributed by atoms with Crippen LogP contribution in [0.15, 0.2) is 57.4 Å². The van der Waals surface area contributed by atoms with Crippen LogP contribution < -0.4 is 10.9 Å². The number of fused-ring (bicyclic) bond motifs is 3. The van der Waals surface area contributed by atoms with Crippen molar-refractivity contribution in [1.82, 2.24) is 9.55 Å². The molecular formula is C25H23ClFN3O2S2. The molecule has 5 nitrogen and oxygen atoms in total. The Hall–Kier alpha value is -2.29. The maximum atomic E-state index is 13.8. The Morgan fingerprint density at radius 2 is 2.09 bits per heavy atom. The predicted octanol–water partition coefficient (Wildman–Crippen LogP) is 6.20. The molecule has 0 spiro atoms. The lowest BCUT2D eigenvalue weighted by Gasteiger charge is -2.24. The van der Waals surface area contributed by atoms with E-state index in [-0.39, 0.29) is 28.2 Å². The zero-order chi connectivity index (χ0) is 23.8. The number of hydrogen-bond donors (Lipinski definition) is 1. The number of carbonyl (C=O) groups is 1. The lowest BCUT2D eigenvalue weighted by molar-refractivity contribution is -0.113. The van der Waals surface area contributed by atoms with Gasteiger partial charge in [0.2, 0.25) is 5.91 Å². The third-order valence-electron chi connectivity index (χ3n) is 6.18. The molecule has 1 aromatic heterocycles. The molecule has 1 aliphatic heterocycles. The van der Waals surface area contributed by atoms with Gasteiger partial charge < -0.3 is 5.32 Å². The molecule has 2 atom stereocenters. The monoisotopic (exact) mass is 515 g/mol. The molecule has 0 bridgehead atoms. The van der Waals surface area contributed by atoms with Crippen LogP contribution in [0, 0.1) is 12.7 Å². The molecule has 0 saturated heterocycles. The number of nitrogens with one attached hydrogen (secondary N) is 1. The molecule has 2 aliphatic rings. The van der Waals surface area contributed by atoms with Crippen LogP contribution in [0.25, 0.3) is 5.69 Å². The molecule has 0 radical (unpaired) electrons. The van der Waals surface area contributed by atoms with Crippen LogP contribution in [0.5, 0.6) is 0 Å². The quantitative estimate of drug-likeness (QED) is 0.249. The number of amides is 1. The van der Waals surface area contributed by atoms with Crippen LogP contribution in [0.4, 0.5) is 10.1 Å². The van der Waals surface area contributed by atoms with Gasteiger partial charge in [-0.3, -0.25) is 14.2 Å². The summed E-state index contributed by atoms with van der Waals surface area (Å²) in [6.07, 6.45) is 4.43. The second-order valence-electron chi connectivity index (χ2n) is 8.61. The fraction of sp³-hybridized carbons (Fsp3) is 0.320. The number of carbonyl (C=O) groups excluding carboxylic acids is 1. The summed E-state index contributed by atoms with van der Waals surface area (Å²) in [6.45, 7) is 1.98. The first-order chi connectivity index (χ1) is 16.4. The second-order valence-corrected chi connectivity index (χ2v) is 11.2. The van der Waals surface area contributed by atoms with Crippen LogP contribution in [-0.4, -0.2) is 26.5 Å². The Kier molecular flexibility index (Phi) is 6.73. The van der Waals surface area contributed by atoms with Gasteiger partial charge in [-0.1, -0.05) is 48.3 Å². The molecule has 1 fully saturated rings. The molecule has 2 aromatic carbocycles. The van der Waals surface area contributed by atoms with E-state index < -0.39 is 5.82 Å². The van der Waals surface area contributed by atoms with Gasteiger partial charge in [0, 0.05) is 16.9 Å². The minimum absolute atomic E-state index is 0.0364. The summed E-state index contributed by atoms with van der Waals surface area (Å²) in [5.74, 6) is -0.546. The van der Waals surface area contributed by atoms with Gasteiger partial charge in [0.1, 0.15) is 10.8 Å². The molecule has 2 unspecified atom stereocenters. The van der Waals surface area contributed by atoms with Crippen LogP contribution in [-0.2, 0) is 4.79 Å². The van der Waals surface area contributed by atoms with E-state index >= 15 is 0 Å². The summed E-state index contributed by atoms with van der Waals surface area (Å²) in [4.78, 5) is 31.3. The van der Waals surface area contributed by atoms with Crippen molar-refractivity contribution < 1.29 is 9.18 Å². The van der Waals surface area contributed by atoms with Crippen molar-refractivity contribution in [1.29, 1.82) is 0 Å². The summed E-state index contributed by atoms with van der Waals surface area (Å²) in [6, 6.07) is 11.8. The van der Waals surface area contributed by atoms with E-state index in [1.54, 1.807) is 16.3 Å². The molecule has 176 valence electrons. The number of nitrogens with zero attached hydrogens (tertiary/aromatic N) is 2. The number of aryl methyl sites for hydroxylation is 1. The fourth-order valence-electron chi connectivity index (χ4n) is 4.61. The van der Waals surface area contributed by atoms with E-state index in [2.05, 4.69) is 5.32 Å². The molecule has 2 heterocycles. The molecule has 1 N–H and O–H groups in total. The smallest absolute Gasteiger partial charge is 0.263 e. The Morgan fingerprint density at radius 3 is 2.88 bits per heavy atom. The highest BCUT2D eigenvalue weighted by Gasteiger charge is 2.39. The molecule has 1 amide bonds. The zero-order valence-corrected chi connectivity index (χ0v) is 20.9. The maximum absolute atomic E-state index is 13.8. The summed E-state index contributed by atoms with van der Waals surface area (Å²) in [7, 11) is 0. The van der Waals surface area contributed by atoms with E-state index in [9.17, 15) is 14.0 Å². The average molecular weight is 516 g/mol. The Morgan fingerprint density at radius 1 is 1.26 bits per heavy atom. The lowest BCUT2D eigenvalue weighted by Crippen LogP contribution is -2.29. The fourth-order valence-corrected chi connectivity index (χ4v) is 7.16. The number of rotatable bonds is 5. The first kappa shape index (κ1) is 23.5. The standard InChI is InChI=1S/C25H23ClFN3O2S2/c1-14-5-4-6-16(11-14)30-24(32)22-17-7-2-3-8-20(17)34-23(22)29-25(30)33-13-21(31)28-15-9-10-19(27)18(26)12-15/h4-6,9-12,17,20H,2-3,7-8,13H2,1H3,(H,28,31). The van der Waals surface area contributed by atoms with Gasteiger partial charge in [-0.05, 0) is 55.7 Å². The van der Waals surface area contributed by atoms with Gasteiger partial charge in [0.25, 0.3) is 5.56 Å². The van der Waals surface area contributed by atoms with Crippen molar-refractivity contribution in [3.63, 3.8) is 0 Å². The number of thioether (sulfide) groups is 2. The SMILES string of the molecule is Cc1cccc(-n2c(SCC(=O)Nc3ccc(F)c(Cl)c3)nc3c(c2=O)C2CCCCC2S3)c1. The van der Waals surface area contributed by atoms with Crippen LogP contribution in [0.1, 0.15) is 42.7 Å². The summed E-state index contributed by atoms with van der Waals surface area (Å²) < 4.78 is 15.1. The first-order valence-corrected chi connectivity index (χ1v) is 13.4. The molecule has 9 heteroatoms. The van der Waals surface area contributed by atoms with Gasteiger partial charge in [0.15, 0.2) is 5.16 Å². The average Bonchev–Trinajstić information content (AvgIpc) is 3.19. The Labute approximate surface area is 210 Å². The minimum Gasteiger partial charge on any atom is -0.325 e. The minimum atomic E-state index is -0.545. The van der Waals surface area contributed by atoms with Crippen molar-refractivity contribution in [2.75, 3.05) is 11.1 Å². The molecular weight excluding hydrogens is 493 g/mol. The topological polar surface area (TPSA) is 64.0 Å². The van der Waals surface area contributed by atoms with Crippen molar-refractivity contribution in [3.8, 4) is 5.69 Å². The van der Waals surface area contributed by atoms with E-state index in [1.165, 1.54) is 36.4 Å². The molecule has 3 aromatic rings. The van der Waals surface area contributed by atoms with E-state index in [0.717, 1.165) is 41.1 Å². The largest absolute Gasteiger partial charge is 0.325 e. The van der Waals surface area contributed by atoms with Crippen molar-refractivity contribution in [3.05, 3.63) is 74.8 Å². The molecule has 1 saturated carbocycles. The first-order valence-electron chi connectivity index (χ1n) is 11.2. The Bertz CT molecular complexity index is 1330. The van der Waals surface area contributed by atoms with Crippen LogP contribution >= 0.6 is 35.1 Å². The highest BCUT2D eigenvalue weighted by Crippen LogP contribution is 2.50. The third-order valence-corrected chi connectivity index (χ3v) is 8.81. The number of benzene rings is 2. The molecule has 1 aliphatic carbocycles. The number of hydrogen-bond acceptors (Lipinski definition) is 5. The van der Waals surface area contributed by atoms with E-state index in [4.69, 9.17) is 16.6 Å². The summed E-state index contributed by atoms with van der Waals surface area (Å²) in [5, 5.41) is 4.37. The van der Waals surface area contributed by atoms with Gasteiger partial charge >= 0.3 is 0 Å². The van der Waals surface area contributed by atoms with Crippen molar-refractivity contribution in [2.45, 2.75) is 54.0 Å². The second kappa shape index (κ2) is 9.76. The van der Waals surface area contributed by atoms with Gasteiger partial charge in [-0.15, -0.1) is 11.8 Å². The number of aromatic nitrogens is 2. The van der Waals surface area contributed by atoms with Crippen molar-refractivity contribution in [2.24, 2.45) is 0 Å². The summed E-state index contributed by atoms with van der Waals surface area (Å²) in [5.41, 5.74) is 2.99. The molecule has 5 rings (SSSR count). The zero-order valence-electron chi connectivity index (χ0n) is 18.5. The maximum Gasteiger partial charge on any atom is 0.263 e. The normalized spacial score (nSPS) is 18.9. The predicted molar refractivity (Wildman–Crippen MR) is 136 cm³/mol. The number of halogens is 2. The van der Waals surface area contributed by atoms with E-state index in [0.29, 0.717) is 16.1 Å². The summed E-state index contributed by atoms with van der Waals surface area (Å²) >= 11 is 8.74. The third kappa shape index (κ3) is 4.63. The van der Waals surface area contributed by atoms with E-state index in [1.807, 2.05) is 31.2 Å². The Balaban J connectivity index is 1.46. The molecule has 34 heavy (non-hydrogen) atoms. The van der Waals surface area contributed by atoms with Gasteiger partial charge in [-0.2, -0.15) is 0 Å². The van der Waals surface area contributed by atoms with Crippen LogP contribution in [0.3, 0.4) is 0 Å². The van der Waals surface area contributed by atoms with Crippen molar-refractivity contribution >= 4 is 46.7 Å². The highest BCUT2D eigenvalue weighted by atomic mass is 35.5. The van der Waals surface area contributed by atoms with Gasteiger partial charge in [0.05, 0.1) is 22.0 Å². The lowest BCUT2D eigenvalue weighted by atomic mass is 9.85. The highest BCUT2D eigenvalue weighted by molar-refractivity contribution is 8.00. The van der Waals surface area contributed by atoms with Crippen LogP contribution in [0.2, 0.25) is 5.02 Å². The van der Waals surface area contributed by atoms with Gasteiger partial charge in [-0.25, -0.2) is 9.37 Å².